The molecule has 2 aliphatic carbocycles. The molecular formula is C33H38Cl2FN5O4. The lowest BCUT2D eigenvalue weighted by atomic mass is 9.54. The first-order valence-corrected chi connectivity index (χ1v) is 16.2. The number of carbonyl (C=O) groups is 2. The number of H-pyrrole nitrogens is 1. The minimum atomic E-state index is -1.41. The van der Waals surface area contributed by atoms with Gasteiger partial charge < -0.3 is 10.6 Å². The van der Waals surface area contributed by atoms with Crippen LogP contribution in [0.15, 0.2) is 63.2 Å². The first-order valence-electron chi connectivity index (χ1n) is 15.5. The minimum Gasteiger partial charge on any atom is -0.352 e. The van der Waals surface area contributed by atoms with Gasteiger partial charge in [0.1, 0.15) is 11.2 Å². The van der Waals surface area contributed by atoms with Gasteiger partial charge in [-0.3, -0.25) is 24.4 Å². The zero-order valence-corrected chi connectivity index (χ0v) is 26.9. The number of halogens is 3. The zero-order chi connectivity index (χ0) is 32.1. The molecule has 12 heteroatoms. The summed E-state index contributed by atoms with van der Waals surface area (Å²) < 4.78 is 21.5. The molecule has 2 amide bonds. The van der Waals surface area contributed by atoms with Crippen LogP contribution in [0.5, 0.6) is 0 Å². The third-order valence-electron chi connectivity index (χ3n) is 10.5. The lowest BCUT2D eigenvalue weighted by Gasteiger charge is -2.50. The molecule has 3 atom stereocenters. The van der Waals surface area contributed by atoms with Crippen molar-refractivity contribution in [2.75, 3.05) is 5.32 Å². The largest absolute Gasteiger partial charge is 0.438 e. The van der Waals surface area contributed by atoms with Gasteiger partial charge >= 0.3 is 5.76 Å². The highest BCUT2D eigenvalue weighted by Gasteiger charge is 2.73. The van der Waals surface area contributed by atoms with Crippen molar-refractivity contribution in [3.8, 4) is 0 Å². The van der Waals surface area contributed by atoms with Gasteiger partial charge in [-0.05, 0) is 86.6 Å². The quantitative estimate of drug-likeness (QED) is 0.276. The molecule has 1 aromatic carbocycles. The van der Waals surface area contributed by atoms with Crippen LogP contribution in [0, 0.1) is 11.3 Å². The summed E-state index contributed by atoms with van der Waals surface area (Å²) in [7, 11) is 0. The van der Waals surface area contributed by atoms with Crippen LogP contribution < -0.4 is 21.7 Å². The molecule has 4 N–H and O–H groups in total. The van der Waals surface area contributed by atoms with Crippen molar-refractivity contribution >= 4 is 40.7 Å². The smallest absolute Gasteiger partial charge is 0.352 e. The van der Waals surface area contributed by atoms with Gasteiger partial charge in [0.25, 0.3) is 0 Å². The molecule has 2 saturated carbocycles. The van der Waals surface area contributed by atoms with E-state index in [1.54, 1.807) is 18.2 Å². The number of nitrogens with one attached hydrogen (secondary N) is 4. The lowest BCUT2D eigenvalue weighted by molar-refractivity contribution is -0.126. The first kappa shape index (κ1) is 31.8. The molecule has 1 aromatic heterocycles. The second kappa shape index (κ2) is 11.9. The van der Waals surface area contributed by atoms with E-state index >= 15 is 4.39 Å². The van der Waals surface area contributed by atoms with E-state index in [-0.39, 0.29) is 34.2 Å². The lowest BCUT2D eigenvalue weighted by Crippen LogP contribution is -2.61. The Morgan fingerprint density at radius 3 is 2.51 bits per heavy atom. The Balaban J connectivity index is 1.38. The summed E-state index contributed by atoms with van der Waals surface area (Å²) in [6.07, 6.45) is 9.62. The number of benzene rings is 1. The van der Waals surface area contributed by atoms with Crippen LogP contribution in [-0.4, -0.2) is 39.6 Å². The topological polar surface area (TPSA) is 129 Å². The molecule has 1 saturated heterocycles. The average molecular weight is 659 g/mol. The molecular weight excluding hydrogens is 620 g/mol. The summed E-state index contributed by atoms with van der Waals surface area (Å²) in [6, 6.07) is 4.00. The van der Waals surface area contributed by atoms with E-state index in [0.717, 1.165) is 12.8 Å². The van der Waals surface area contributed by atoms with Gasteiger partial charge in [-0.25, -0.2) is 9.18 Å². The van der Waals surface area contributed by atoms with E-state index in [0.29, 0.717) is 60.6 Å². The van der Waals surface area contributed by atoms with Crippen molar-refractivity contribution in [2.24, 2.45) is 11.3 Å². The van der Waals surface area contributed by atoms with Crippen LogP contribution in [0.25, 0.3) is 0 Å². The molecule has 3 heterocycles. The summed E-state index contributed by atoms with van der Waals surface area (Å²) in [4.78, 5) is 42.8. The van der Waals surface area contributed by atoms with E-state index in [9.17, 15) is 14.4 Å². The van der Waals surface area contributed by atoms with E-state index in [1.807, 2.05) is 0 Å². The van der Waals surface area contributed by atoms with E-state index in [4.69, 9.17) is 23.2 Å². The molecule has 2 aliphatic heterocycles. The summed E-state index contributed by atoms with van der Waals surface area (Å²) in [6.45, 7) is 8.02. The molecule has 4 aliphatic rings. The van der Waals surface area contributed by atoms with E-state index < -0.39 is 34.5 Å². The normalized spacial score (nSPS) is 30.5. The summed E-state index contributed by atoms with van der Waals surface area (Å²) in [5, 5.41) is 14.3. The van der Waals surface area contributed by atoms with Crippen LogP contribution in [0.3, 0.4) is 0 Å². The van der Waals surface area contributed by atoms with Crippen LogP contribution in [0.4, 0.5) is 10.1 Å². The van der Waals surface area contributed by atoms with Crippen molar-refractivity contribution in [1.82, 2.24) is 20.8 Å². The Labute approximate surface area is 271 Å². The highest BCUT2D eigenvalue weighted by atomic mass is 35.5. The fourth-order valence-corrected chi connectivity index (χ4v) is 8.42. The van der Waals surface area contributed by atoms with E-state index in [2.05, 4.69) is 51.0 Å². The number of aromatic nitrogens is 2. The second-order valence-electron chi connectivity index (χ2n) is 13.7. The van der Waals surface area contributed by atoms with E-state index in [1.165, 1.54) is 18.2 Å². The van der Waals surface area contributed by atoms with Crippen molar-refractivity contribution in [3.05, 3.63) is 80.8 Å². The Morgan fingerprint density at radius 1 is 1.16 bits per heavy atom. The second-order valence-corrected chi connectivity index (χ2v) is 14.6. The van der Waals surface area contributed by atoms with Gasteiger partial charge in [0.2, 0.25) is 11.8 Å². The molecule has 2 aromatic rings. The van der Waals surface area contributed by atoms with Gasteiger partial charge in [-0.1, -0.05) is 60.9 Å². The fraction of sp³-hybridized carbons (Fsp3) is 0.515. The number of rotatable bonds is 6. The van der Waals surface area contributed by atoms with Gasteiger partial charge in [-0.15, -0.1) is 0 Å². The summed E-state index contributed by atoms with van der Waals surface area (Å²) >= 11 is 12.3. The third kappa shape index (κ3) is 5.59. The van der Waals surface area contributed by atoms with Crippen LogP contribution in [-0.2, 0) is 15.0 Å². The number of nitrogens with zero attached hydrogens (tertiary/aromatic N) is 1. The Hall–Kier alpha value is -3.21. The monoisotopic (exact) mass is 657 g/mol. The maximum absolute atomic E-state index is 16.8. The molecule has 3 fully saturated rings. The number of hydrogen-bond donors (Lipinski definition) is 4. The van der Waals surface area contributed by atoms with Crippen molar-refractivity contribution in [2.45, 2.75) is 94.2 Å². The van der Waals surface area contributed by atoms with Crippen molar-refractivity contribution < 1.29 is 18.5 Å². The maximum atomic E-state index is 16.8. The highest BCUT2D eigenvalue weighted by Crippen LogP contribution is 2.62. The van der Waals surface area contributed by atoms with Crippen LogP contribution >= 0.6 is 23.2 Å². The Kier molecular flexibility index (Phi) is 8.37. The molecule has 240 valence electrons. The summed E-state index contributed by atoms with van der Waals surface area (Å²) in [5.41, 5.74) is -1.09. The first-order chi connectivity index (χ1) is 21.3. The minimum absolute atomic E-state index is 0.0217. The molecule has 0 radical (unpaired) electrons. The number of amides is 2. The Bertz CT molecular complexity index is 1630. The molecule has 0 unspecified atom stereocenters. The predicted octanol–water partition coefficient (Wildman–Crippen LogP) is 6.14. The Morgan fingerprint density at radius 2 is 1.87 bits per heavy atom. The predicted molar refractivity (Wildman–Crippen MR) is 171 cm³/mol. The molecule has 45 heavy (non-hydrogen) atoms. The molecule has 2 spiro atoms. The van der Waals surface area contributed by atoms with Gasteiger partial charge in [0, 0.05) is 33.2 Å². The van der Waals surface area contributed by atoms with Crippen LogP contribution in [0.1, 0.15) is 82.5 Å². The molecule has 0 bridgehead atoms. The highest BCUT2D eigenvalue weighted by molar-refractivity contribution is 6.31. The van der Waals surface area contributed by atoms with Gasteiger partial charge in [0.15, 0.2) is 5.82 Å². The zero-order valence-electron chi connectivity index (χ0n) is 25.4. The van der Waals surface area contributed by atoms with Crippen molar-refractivity contribution in [1.29, 1.82) is 0 Å². The maximum Gasteiger partial charge on any atom is 0.438 e. The summed E-state index contributed by atoms with van der Waals surface area (Å²) in [5.74, 6) is -2.51. The number of fused-ring (bicyclic) bond motifs is 3. The number of allylic oxidation sites excluding steroid dienone is 4. The standard InChI is InChI=1S/C33H38Cl2FN5O4/c1-18(34)5-4-6-23(36)25-26(28(42)37-21-10-7-19(8-11-21)27-39-30(44)45-41-27)40-32(15-13-31(2,3)14-16-32)33(25)22-12-9-20(35)17-24(22)38-29(33)43/h4-6,9,12,17,19,21,25-26,40H,1,7-8,10-11,13-16H2,2-3H3,(H,37,42)(H,38,43)(H,39,41,44)/b5-4-,23-6-/t19?,21?,25-,26+,33+/m0/s1. The van der Waals surface area contributed by atoms with Gasteiger partial charge in [-0.2, -0.15) is 0 Å². The SMILES string of the molecule is C=C(Cl)/C=C\C=C(/F)[C@H]1[C@H](C(=O)NC2CCC(c3noc(=O)[nH]3)CC2)NC2(CCC(C)(C)CC2)[C@@]12C(=O)Nc1cc(Cl)ccc12. The molecule has 6 rings (SSSR count). The molecule has 9 nitrogen and oxygen atoms in total. The number of aromatic amines is 1. The number of carbonyl (C=O) groups excluding carboxylic acids is 2. The van der Waals surface area contributed by atoms with Crippen LogP contribution in [0.2, 0.25) is 5.02 Å². The van der Waals surface area contributed by atoms with Crippen molar-refractivity contribution in [3.63, 3.8) is 0 Å². The average Bonchev–Trinajstić information content (AvgIpc) is 3.64. The number of hydrogen-bond acceptors (Lipinski definition) is 6. The third-order valence-corrected chi connectivity index (χ3v) is 10.8. The van der Waals surface area contributed by atoms with Gasteiger partial charge in [0.05, 0.1) is 12.0 Å². The number of anilines is 1. The fourth-order valence-electron chi connectivity index (χ4n) is 8.18.